The molecule has 1 aliphatic heterocycles. The summed E-state index contributed by atoms with van der Waals surface area (Å²) in [6.07, 6.45) is 9.36. The topological polar surface area (TPSA) is 71.2 Å². The smallest absolute Gasteiger partial charge is 0.225 e. The van der Waals surface area contributed by atoms with Gasteiger partial charge < -0.3 is 11.1 Å². The Morgan fingerprint density at radius 3 is 2.38 bits per heavy atom. The molecular weight excluding hydrogens is 371 g/mol. The summed E-state index contributed by atoms with van der Waals surface area (Å²) in [5.74, 6) is 1.42. The van der Waals surface area contributed by atoms with Gasteiger partial charge in [-0.15, -0.1) is 24.8 Å². The minimum Gasteiger partial charge on any atom is -0.353 e. The predicted molar refractivity (Wildman–Crippen MR) is 107 cm³/mol. The van der Waals surface area contributed by atoms with Gasteiger partial charge in [0.05, 0.1) is 5.92 Å². The number of aromatic nitrogens is 1. The Morgan fingerprint density at radius 1 is 1.12 bits per heavy atom. The van der Waals surface area contributed by atoms with Crippen LogP contribution >= 0.6 is 24.8 Å². The number of nitrogens with two attached hydrogens (primary N) is 1. The van der Waals surface area contributed by atoms with Crippen LogP contribution < -0.4 is 11.1 Å². The molecule has 2 saturated carbocycles. The summed E-state index contributed by atoms with van der Waals surface area (Å²) in [4.78, 5) is 19.2. The minimum absolute atomic E-state index is 0. The van der Waals surface area contributed by atoms with Crippen LogP contribution in [0.25, 0.3) is 0 Å². The summed E-state index contributed by atoms with van der Waals surface area (Å²) in [5, 5.41) is 3.30. The van der Waals surface area contributed by atoms with E-state index in [2.05, 4.69) is 27.3 Å². The van der Waals surface area contributed by atoms with Crippen LogP contribution in [0.1, 0.15) is 37.7 Å². The molecule has 1 aromatic rings. The maximum absolute atomic E-state index is 12.7. The van der Waals surface area contributed by atoms with Crippen LogP contribution in [0.2, 0.25) is 0 Å². The lowest BCUT2D eigenvalue weighted by Crippen LogP contribution is -2.50. The van der Waals surface area contributed by atoms with E-state index in [0.717, 1.165) is 32.5 Å². The van der Waals surface area contributed by atoms with Gasteiger partial charge in [0, 0.05) is 44.1 Å². The summed E-state index contributed by atoms with van der Waals surface area (Å²) in [6, 6.07) is 4.56. The number of pyridine rings is 1. The van der Waals surface area contributed by atoms with Gasteiger partial charge in [-0.25, -0.2) is 0 Å². The molecule has 3 N–H and O–H groups in total. The van der Waals surface area contributed by atoms with Crippen LogP contribution in [0.3, 0.4) is 0 Å². The number of nitrogens with zero attached hydrogens (tertiary/aromatic N) is 2. The number of carbonyl (C=O) groups is 1. The van der Waals surface area contributed by atoms with Gasteiger partial charge in [0.2, 0.25) is 5.91 Å². The summed E-state index contributed by atoms with van der Waals surface area (Å²) in [7, 11) is 0. The van der Waals surface area contributed by atoms with Gasteiger partial charge >= 0.3 is 0 Å². The molecule has 1 aromatic heterocycles. The number of rotatable bonds is 4. The molecule has 7 heteroatoms. The van der Waals surface area contributed by atoms with E-state index in [1.165, 1.54) is 24.8 Å². The third-order valence-corrected chi connectivity index (χ3v) is 6.37. The molecule has 1 saturated heterocycles. The van der Waals surface area contributed by atoms with Crippen LogP contribution in [0.15, 0.2) is 24.5 Å². The molecule has 5 nitrogen and oxygen atoms in total. The Kier molecular flexibility index (Phi) is 7.71. The lowest BCUT2D eigenvalue weighted by atomic mass is 9.84. The Bertz CT molecular complexity index is 578. The number of carbonyl (C=O) groups excluding carboxylic acids is 1. The van der Waals surface area contributed by atoms with Crippen molar-refractivity contribution in [3.8, 4) is 0 Å². The molecule has 0 spiro atoms. The maximum Gasteiger partial charge on any atom is 0.225 e. The zero-order chi connectivity index (χ0) is 16.5. The van der Waals surface area contributed by atoms with Gasteiger partial charge in [0.15, 0.2) is 0 Å². The molecule has 1 amide bonds. The van der Waals surface area contributed by atoms with Crippen molar-refractivity contribution in [2.75, 3.05) is 13.1 Å². The first-order valence-electron chi connectivity index (χ1n) is 9.38. The Hall–Kier alpha value is -0.880. The molecule has 26 heavy (non-hydrogen) atoms. The van der Waals surface area contributed by atoms with Crippen LogP contribution in [0.4, 0.5) is 0 Å². The van der Waals surface area contributed by atoms with E-state index in [9.17, 15) is 4.79 Å². The van der Waals surface area contributed by atoms with Crippen LogP contribution in [0.5, 0.6) is 0 Å². The zero-order valence-corrected chi connectivity index (χ0v) is 16.7. The number of piperidine rings is 1. The van der Waals surface area contributed by atoms with E-state index in [0.29, 0.717) is 17.9 Å². The summed E-state index contributed by atoms with van der Waals surface area (Å²) < 4.78 is 0. The largest absolute Gasteiger partial charge is 0.353 e. The van der Waals surface area contributed by atoms with Crippen LogP contribution in [-0.2, 0) is 11.3 Å². The number of nitrogens with one attached hydrogen (secondary N) is 1. The van der Waals surface area contributed by atoms with E-state index in [1.54, 1.807) is 0 Å². The first kappa shape index (κ1) is 21.4. The third-order valence-electron chi connectivity index (χ3n) is 6.37. The highest BCUT2D eigenvalue weighted by molar-refractivity contribution is 5.85. The average molecular weight is 401 g/mol. The molecule has 4 unspecified atom stereocenters. The van der Waals surface area contributed by atoms with Crippen LogP contribution in [-0.4, -0.2) is 41.0 Å². The van der Waals surface area contributed by atoms with Crippen molar-refractivity contribution in [3.05, 3.63) is 30.1 Å². The molecule has 4 atom stereocenters. The van der Waals surface area contributed by atoms with Gasteiger partial charge in [0.1, 0.15) is 0 Å². The molecule has 3 fully saturated rings. The molecule has 2 heterocycles. The standard InChI is InChI=1S/C19H28N4O.2ClH/c20-18-15-2-1-14(11-15)17(18)19(24)22-16-5-9-23(10-6-16)12-13-3-7-21-8-4-13;;/h3-4,7-8,14-18H,1-2,5-6,9-12,20H2,(H,22,24);2*1H. The SMILES string of the molecule is Cl.Cl.NC1C2CCC(C2)C1C(=O)NC1CCN(Cc2ccncc2)CC1. The van der Waals surface area contributed by atoms with Crippen molar-refractivity contribution >= 4 is 30.7 Å². The highest BCUT2D eigenvalue weighted by atomic mass is 35.5. The molecular formula is C19H30Cl2N4O. The zero-order valence-electron chi connectivity index (χ0n) is 15.0. The monoisotopic (exact) mass is 400 g/mol. The van der Waals surface area contributed by atoms with Crippen molar-refractivity contribution in [2.24, 2.45) is 23.5 Å². The molecule has 4 rings (SSSR count). The Morgan fingerprint density at radius 2 is 1.77 bits per heavy atom. The first-order chi connectivity index (χ1) is 11.7. The second-order valence-corrected chi connectivity index (χ2v) is 7.85. The van der Waals surface area contributed by atoms with E-state index >= 15 is 0 Å². The number of likely N-dealkylation sites (tertiary alicyclic amines) is 1. The second kappa shape index (κ2) is 9.36. The normalized spacial score (nSPS) is 31.1. The lowest BCUT2D eigenvalue weighted by molar-refractivity contribution is -0.128. The van der Waals surface area contributed by atoms with Crippen molar-refractivity contribution in [3.63, 3.8) is 0 Å². The number of halogens is 2. The molecule has 2 aliphatic carbocycles. The average Bonchev–Trinajstić information content (AvgIpc) is 3.18. The van der Waals surface area contributed by atoms with E-state index in [-0.39, 0.29) is 42.7 Å². The quantitative estimate of drug-likeness (QED) is 0.813. The van der Waals surface area contributed by atoms with Crippen molar-refractivity contribution in [1.29, 1.82) is 0 Å². The summed E-state index contributed by atoms with van der Waals surface area (Å²) in [5.41, 5.74) is 7.61. The Labute approximate surface area is 168 Å². The molecule has 0 aromatic carbocycles. The Balaban J connectivity index is 0.00000121. The van der Waals surface area contributed by atoms with Gasteiger partial charge in [-0.2, -0.15) is 0 Å². The molecule has 2 bridgehead atoms. The van der Waals surface area contributed by atoms with Crippen molar-refractivity contribution in [1.82, 2.24) is 15.2 Å². The molecule has 0 radical (unpaired) electrons. The van der Waals surface area contributed by atoms with Gasteiger partial charge in [-0.3, -0.25) is 14.7 Å². The first-order valence-corrected chi connectivity index (χ1v) is 9.38. The second-order valence-electron chi connectivity index (χ2n) is 7.85. The number of amides is 1. The fourth-order valence-corrected chi connectivity index (χ4v) is 5.00. The minimum atomic E-state index is 0. The molecule has 146 valence electrons. The van der Waals surface area contributed by atoms with Crippen LogP contribution in [0, 0.1) is 17.8 Å². The maximum atomic E-state index is 12.7. The third kappa shape index (κ3) is 4.50. The number of hydrogen-bond donors (Lipinski definition) is 2. The van der Waals surface area contributed by atoms with Crippen molar-refractivity contribution < 1.29 is 4.79 Å². The van der Waals surface area contributed by atoms with Gasteiger partial charge in [-0.05, 0) is 61.6 Å². The predicted octanol–water partition coefficient (Wildman–Crippen LogP) is 2.38. The fraction of sp³-hybridized carbons (Fsp3) is 0.684. The fourth-order valence-electron chi connectivity index (χ4n) is 5.00. The lowest BCUT2D eigenvalue weighted by Gasteiger charge is -2.34. The number of hydrogen-bond acceptors (Lipinski definition) is 4. The summed E-state index contributed by atoms with van der Waals surface area (Å²) in [6.45, 7) is 3.05. The summed E-state index contributed by atoms with van der Waals surface area (Å²) >= 11 is 0. The highest BCUT2D eigenvalue weighted by Crippen LogP contribution is 2.47. The van der Waals surface area contributed by atoms with E-state index in [1.807, 2.05) is 12.4 Å². The van der Waals surface area contributed by atoms with E-state index < -0.39 is 0 Å². The van der Waals surface area contributed by atoms with Gasteiger partial charge in [-0.1, -0.05) is 0 Å². The van der Waals surface area contributed by atoms with Crippen molar-refractivity contribution in [2.45, 2.75) is 50.7 Å². The highest BCUT2D eigenvalue weighted by Gasteiger charge is 2.49. The number of fused-ring (bicyclic) bond motifs is 2. The molecule has 3 aliphatic rings. The van der Waals surface area contributed by atoms with E-state index in [4.69, 9.17) is 5.73 Å². The van der Waals surface area contributed by atoms with Gasteiger partial charge in [0.25, 0.3) is 0 Å².